The highest BCUT2D eigenvalue weighted by atomic mass is 19.4. The maximum atomic E-state index is 12.8. The number of rotatable bonds is 3. The van der Waals surface area contributed by atoms with Crippen molar-refractivity contribution < 1.29 is 26.7 Å². The van der Waals surface area contributed by atoms with E-state index in [0.29, 0.717) is 0 Å². The fraction of sp³-hybridized carbons (Fsp3) is 0.273. The molecule has 0 bridgehead atoms. The molecule has 0 aliphatic carbocycles. The van der Waals surface area contributed by atoms with E-state index in [4.69, 9.17) is 11.5 Å². The molecule has 0 aliphatic rings. The summed E-state index contributed by atoms with van der Waals surface area (Å²) in [6, 6.07) is 3.98. The summed E-state index contributed by atoms with van der Waals surface area (Å²) < 4.78 is 66.5. The van der Waals surface area contributed by atoms with E-state index in [9.17, 15) is 22.0 Å². The zero-order valence-electron chi connectivity index (χ0n) is 10.3. The number of hydrogen-bond donors (Lipinski definition) is 2. The first kappa shape index (κ1) is 15.0. The van der Waals surface area contributed by atoms with Gasteiger partial charge in [-0.05, 0) is 12.1 Å². The van der Waals surface area contributed by atoms with Crippen LogP contribution in [0.3, 0.4) is 0 Å². The standard InChI is InChI=1S/C11H9F5N4O/c12-10(13,11(14,15)16)4-21-6-3-1-2-5-7(6)8(17)20-9(18)19-5/h1-3H,4H2,(H4,17,18,19,20). The third-order valence-corrected chi connectivity index (χ3v) is 2.55. The molecule has 0 amide bonds. The summed E-state index contributed by atoms with van der Waals surface area (Å²) in [5, 5.41) is 0.0182. The first-order valence-electron chi connectivity index (χ1n) is 5.51. The third-order valence-electron chi connectivity index (χ3n) is 2.55. The number of benzene rings is 1. The number of alkyl halides is 5. The highest BCUT2D eigenvalue weighted by molar-refractivity contribution is 5.94. The van der Waals surface area contributed by atoms with Gasteiger partial charge in [0.2, 0.25) is 5.95 Å². The molecule has 2 rings (SSSR count). The monoisotopic (exact) mass is 308 g/mol. The second-order valence-corrected chi connectivity index (χ2v) is 4.11. The minimum Gasteiger partial charge on any atom is -0.486 e. The Morgan fingerprint density at radius 1 is 1.05 bits per heavy atom. The molecule has 0 unspecified atom stereocenters. The van der Waals surface area contributed by atoms with Gasteiger partial charge in [0.25, 0.3) is 0 Å². The number of ether oxygens (including phenoxy) is 1. The first-order chi connectivity index (χ1) is 9.62. The highest BCUT2D eigenvalue weighted by Crippen LogP contribution is 2.37. The number of nitrogen functional groups attached to an aromatic ring is 2. The minimum absolute atomic E-state index is 0.0182. The fourth-order valence-electron chi connectivity index (χ4n) is 1.57. The quantitative estimate of drug-likeness (QED) is 0.850. The Morgan fingerprint density at radius 2 is 1.71 bits per heavy atom. The van der Waals surface area contributed by atoms with E-state index in [1.54, 1.807) is 0 Å². The lowest BCUT2D eigenvalue weighted by atomic mass is 10.2. The summed E-state index contributed by atoms with van der Waals surface area (Å²) in [4.78, 5) is 7.40. The number of nitrogens with zero attached hydrogens (tertiary/aromatic N) is 2. The summed E-state index contributed by atoms with van der Waals surface area (Å²) in [6.45, 7) is -1.88. The van der Waals surface area contributed by atoms with Crippen LogP contribution in [0.4, 0.5) is 33.7 Å². The van der Waals surface area contributed by atoms with Crippen molar-refractivity contribution in [3.8, 4) is 5.75 Å². The van der Waals surface area contributed by atoms with Gasteiger partial charge in [-0.15, -0.1) is 0 Å². The molecule has 0 radical (unpaired) electrons. The zero-order valence-corrected chi connectivity index (χ0v) is 10.3. The van der Waals surface area contributed by atoms with E-state index in [0.717, 1.165) is 0 Å². The molecule has 0 aliphatic heterocycles. The molecule has 1 heterocycles. The molecule has 0 saturated heterocycles. The van der Waals surface area contributed by atoms with Crippen molar-refractivity contribution in [3.05, 3.63) is 18.2 Å². The number of hydrogen-bond acceptors (Lipinski definition) is 5. The average molecular weight is 308 g/mol. The van der Waals surface area contributed by atoms with Crippen LogP contribution in [0.15, 0.2) is 18.2 Å². The molecule has 0 atom stereocenters. The molecular weight excluding hydrogens is 299 g/mol. The highest BCUT2D eigenvalue weighted by Gasteiger charge is 2.58. The second-order valence-electron chi connectivity index (χ2n) is 4.11. The smallest absolute Gasteiger partial charge is 0.456 e. The molecule has 5 nitrogen and oxygen atoms in total. The molecule has 1 aromatic heterocycles. The summed E-state index contributed by atoms with van der Waals surface area (Å²) in [6.07, 6.45) is -5.70. The Bertz CT molecular complexity index is 673. The molecular formula is C11H9F5N4O. The van der Waals surface area contributed by atoms with Gasteiger partial charge in [0, 0.05) is 0 Å². The van der Waals surface area contributed by atoms with Crippen LogP contribution in [0.25, 0.3) is 10.9 Å². The number of anilines is 2. The molecule has 1 aromatic carbocycles. The Hall–Kier alpha value is -2.39. The van der Waals surface area contributed by atoms with E-state index in [1.165, 1.54) is 18.2 Å². The van der Waals surface area contributed by atoms with Crippen molar-refractivity contribution in [2.24, 2.45) is 0 Å². The molecule has 0 saturated carbocycles. The van der Waals surface area contributed by atoms with E-state index in [-0.39, 0.29) is 28.4 Å². The van der Waals surface area contributed by atoms with Gasteiger partial charge in [0.15, 0.2) is 6.61 Å². The van der Waals surface area contributed by atoms with Crippen LogP contribution in [0.2, 0.25) is 0 Å². The molecule has 21 heavy (non-hydrogen) atoms. The van der Waals surface area contributed by atoms with E-state index in [2.05, 4.69) is 14.7 Å². The van der Waals surface area contributed by atoms with Gasteiger partial charge in [-0.25, -0.2) is 4.98 Å². The van der Waals surface area contributed by atoms with Crippen molar-refractivity contribution in [1.82, 2.24) is 9.97 Å². The van der Waals surface area contributed by atoms with Crippen molar-refractivity contribution in [1.29, 1.82) is 0 Å². The van der Waals surface area contributed by atoms with Crippen LogP contribution < -0.4 is 16.2 Å². The predicted molar refractivity (Wildman–Crippen MR) is 64.9 cm³/mol. The maximum Gasteiger partial charge on any atom is 0.456 e. The normalized spacial score (nSPS) is 12.6. The number of aromatic nitrogens is 2. The van der Waals surface area contributed by atoms with E-state index in [1.807, 2.05) is 0 Å². The molecule has 2 aromatic rings. The zero-order chi connectivity index (χ0) is 15.8. The second kappa shape index (κ2) is 4.86. The Morgan fingerprint density at radius 3 is 2.33 bits per heavy atom. The van der Waals surface area contributed by atoms with Crippen molar-refractivity contribution in [2.45, 2.75) is 12.1 Å². The Labute approximate surface area is 114 Å². The van der Waals surface area contributed by atoms with Gasteiger partial charge in [0.05, 0.1) is 10.9 Å². The van der Waals surface area contributed by atoms with Crippen LogP contribution in [0, 0.1) is 0 Å². The summed E-state index contributed by atoms with van der Waals surface area (Å²) in [5.41, 5.74) is 11.1. The lowest BCUT2D eigenvalue weighted by molar-refractivity contribution is -0.289. The summed E-state index contributed by atoms with van der Waals surface area (Å²) >= 11 is 0. The van der Waals surface area contributed by atoms with Crippen LogP contribution >= 0.6 is 0 Å². The van der Waals surface area contributed by atoms with Crippen LogP contribution in [0.1, 0.15) is 0 Å². The van der Waals surface area contributed by atoms with Gasteiger partial charge < -0.3 is 16.2 Å². The Kier molecular flexibility index (Phi) is 3.47. The minimum atomic E-state index is -5.70. The predicted octanol–water partition coefficient (Wildman–Crippen LogP) is 2.37. The largest absolute Gasteiger partial charge is 0.486 e. The van der Waals surface area contributed by atoms with Crippen LogP contribution in [0.5, 0.6) is 5.75 Å². The molecule has 0 fully saturated rings. The molecule has 114 valence electrons. The van der Waals surface area contributed by atoms with Gasteiger partial charge >= 0.3 is 12.1 Å². The van der Waals surface area contributed by atoms with Crippen molar-refractivity contribution >= 4 is 22.7 Å². The van der Waals surface area contributed by atoms with Crippen LogP contribution in [-0.4, -0.2) is 28.7 Å². The van der Waals surface area contributed by atoms with Crippen LogP contribution in [-0.2, 0) is 0 Å². The van der Waals surface area contributed by atoms with Gasteiger partial charge in [-0.2, -0.15) is 26.9 Å². The number of fused-ring (bicyclic) bond motifs is 1. The number of nitrogens with two attached hydrogens (primary N) is 2. The topological polar surface area (TPSA) is 87.0 Å². The lowest BCUT2D eigenvalue weighted by Gasteiger charge is -2.20. The lowest BCUT2D eigenvalue weighted by Crippen LogP contribution is -2.41. The molecule has 4 N–H and O–H groups in total. The van der Waals surface area contributed by atoms with Crippen molar-refractivity contribution in [2.75, 3.05) is 18.1 Å². The first-order valence-corrected chi connectivity index (χ1v) is 5.51. The average Bonchev–Trinajstić information content (AvgIpc) is 2.34. The third kappa shape index (κ3) is 2.88. The fourth-order valence-corrected chi connectivity index (χ4v) is 1.57. The summed E-state index contributed by atoms with van der Waals surface area (Å²) in [5.74, 6) is -5.60. The van der Waals surface area contributed by atoms with Gasteiger partial charge in [0.1, 0.15) is 11.6 Å². The van der Waals surface area contributed by atoms with E-state index < -0.39 is 18.7 Å². The Balaban J connectivity index is 2.36. The van der Waals surface area contributed by atoms with Crippen molar-refractivity contribution in [3.63, 3.8) is 0 Å². The van der Waals surface area contributed by atoms with E-state index >= 15 is 0 Å². The van der Waals surface area contributed by atoms with Gasteiger partial charge in [-0.1, -0.05) is 6.07 Å². The SMILES string of the molecule is Nc1nc(N)c2c(OCC(F)(F)C(F)(F)F)cccc2n1. The molecule has 0 spiro atoms. The number of halogens is 5. The van der Waals surface area contributed by atoms with Gasteiger partial charge in [-0.3, -0.25) is 0 Å². The molecule has 10 heteroatoms. The maximum absolute atomic E-state index is 12.8. The summed E-state index contributed by atoms with van der Waals surface area (Å²) in [7, 11) is 0.